The predicted molar refractivity (Wildman–Crippen MR) is 105 cm³/mol. The highest BCUT2D eigenvalue weighted by Crippen LogP contribution is 2.22. The summed E-state index contributed by atoms with van der Waals surface area (Å²) in [7, 11) is 0. The average molecular weight is 349 g/mol. The molecule has 0 bridgehead atoms. The summed E-state index contributed by atoms with van der Waals surface area (Å²) < 4.78 is 5.87. The van der Waals surface area contributed by atoms with Crippen molar-refractivity contribution in [2.45, 2.75) is 13.2 Å². The lowest BCUT2D eigenvalue weighted by Crippen LogP contribution is -2.28. The molecule has 0 unspecified atom stereocenters. The van der Waals surface area contributed by atoms with Gasteiger partial charge in [0, 0.05) is 12.7 Å². The quantitative estimate of drug-likeness (QED) is 0.655. The van der Waals surface area contributed by atoms with Gasteiger partial charge in [0.05, 0.1) is 0 Å². The van der Waals surface area contributed by atoms with Crippen LogP contribution in [0.15, 0.2) is 79.0 Å². The predicted octanol–water partition coefficient (Wildman–Crippen LogP) is 4.15. The molecule has 4 nitrogen and oxygen atoms in total. The summed E-state index contributed by atoms with van der Waals surface area (Å²) in [6.45, 7) is 1.13. The Labute approximate surface area is 152 Å². The topological polar surface area (TPSA) is 46.2 Å². The van der Waals surface area contributed by atoms with Crippen molar-refractivity contribution in [2.75, 3.05) is 5.32 Å². The van der Waals surface area contributed by atoms with Gasteiger partial charge in [0.25, 0.3) is 0 Å². The Morgan fingerprint density at radius 1 is 0.880 bits per heavy atom. The van der Waals surface area contributed by atoms with E-state index in [1.807, 2.05) is 72.8 Å². The fourth-order valence-corrected chi connectivity index (χ4v) is 2.43. The molecule has 0 amide bonds. The maximum atomic E-state index is 5.87. The van der Waals surface area contributed by atoms with Crippen molar-refractivity contribution in [1.82, 2.24) is 10.3 Å². The number of hydrogen-bond donors (Lipinski definition) is 2. The van der Waals surface area contributed by atoms with E-state index in [2.05, 4.69) is 15.6 Å². The second kappa shape index (κ2) is 8.80. The number of anilines is 1. The molecule has 5 heteroatoms. The minimum atomic E-state index is 0.478. The summed E-state index contributed by atoms with van der Waals surface area (Å²) in [6, 6.07) is 23.8. The molecule has 126 valence electrons. The SMILES string of the molecule is S=C(NCc1ccccc1)Nc1ncccc1OCc1ccccc1. The van der Waals surface area contributed by atoms with Crippen molar-refractivity contribution < 1.29 is 4.74 Å². The first-order chi connectivity index (χ1) is 12.3. The zero-order valence-corrected chi connectivity index (χ0v) is 14.5. The van der Waals surface area contributed by atoms with Crippen LogP contribution in [-0.4, -0.2) is 10.1 Å². The van der Waals surface area contributed by atoms with E-state index in [4.69, 9.17) is 17.0 Å². The number of hydrogen-bond acceptors (Lipinski definition) is 3. The van der Waals surface area contributed by atoms with E-state index in [9.17, 15) is 0 Å². The smallest absolute Gasteiger partial charge is 0.174 e. The van der Waals surface area contributed by atoms with E-state index in [1.54, 1.807) is 6.20 Å². The van der Waals surface area contributed by atoms with Gasteiger partial charge in [0.2, 0.25) is 0 Å². The summed E-state index contributed by atoms with van der Waals surface area (Å²) in [5.41, 5.74) is 2.26. The van der Waals surface area contributed by atoms with E-state index in [0.29, 0.717) is 29.8 Å². The Morgan fingerprint density at radius 2 is 1.56 bits per heavy atom. The summed E-state index contributed by atoms with van der Waals surface area (Å²) in [6.07, 6.45) is 1.71. The number of pyridine rings is 1. The molecule has 3 aromatic rings. The van der Waals surface area contributed by atoms with Crippen molar-refractivity contribution >= 4 is 23.1 Å². The van der Waals surface area contributed by atoms with Crippen LogP contribution in [-0.2, 0) is 13.2 Å². The van der Waals surface area contributed by atoms with E-state index >= 15 is 0 Å². The van der Waals surface area contributed by atoms with Crippen LogP contribution >= 0.6 is 12.2 Å². The molecule has 25 heavy (non-hydrogen) atoms. The van der Waals surface area contributed by atoms with Gasteiger partial charge in [0.15, 0.2) is 16.7 Å². The number of thiocarbonyl (C=S) groups is 1. The fraction of sp³-hybridized carbons (Fsp3) is 0.100. The molecule has 0 spiro atoms. The fourth-order valence-electron chi connectivity index (χ4n) is 2.27. The molecule has 0 atom stereocenters. The van der Waals surface area contributed by atoms with Gasteiger partial charge >= 0.3 is 0 Å². The normalized spacial score (nSPS) is 10.1. The first kappa shape index (κ1) is 16.9. The van der Waals surface area contributed by atoms with Crippen LogP contribution in [0.2, 0.25) is 0 Å². The van der Waals surface area contributed by atoms with Gasteiger partial charge in [-0.15, -0.1) is 0 Å². The number of nitrogens with zero attached hydrogens (tertiary/aromatic N) is 1. The third-order valence-corrected chi connectivity index (χ3v) is 3.78. The Bertz CT molecular complexity index is 809. The third-order valence-electron chi connectivity index (χ3n) is 3.54. The first-order valence-electron chi connectivity index (χ1n) is 8.02. The number of ether oxygens (including phenoxy) is 1. The number of rotatable bonds is 6. The zero-order valence-electron chi connectivity index (χ0n) is 13.7. The zero-order chi connectivity index (χ0) is 17.3. The maximum Gasteiger partial charge on any atom is 0.174 e. The van der Waals surface area contributed by atoms with Gasteiger partial charge in [-0.25, -0.2) is 4.98 Å². The van der Waals surface area contributed by atoms with E-state index in [0.717, 1.165) is 11.1 Å². The Kier molecular flexibility index (Phi) is 5.96. The molecular weight excluding hydrogens is 330 g/mol. The van der Waals surface area contributed by atoms with Crippen molar-refractivity contribution in [1.29, 1.82) is 0 Å². The lowest BCUT2D eigenvalue weighted by atomic mass is 10.2. The standard InChI is InChI=1S/C20H19N3OS/c25-20(22-14-16-8-3-1-4-9-16)23-19-18(12-7-13-21-19)24-15-17-10-5-2-6-11-17/h1-13H,14-15H2,(H2,21,22,23,25). The van der Waals surface area contributed by atoms with Gasteiger partial charge in [-0.05, 0) is 35.5 Å². The summed E-state index contributed by atoms with van der Waals surface area (Å²) in [5, 5.41) is 6.78. The molecule has 1 heterocycles. The molecule has 0 aliphatic rings. The molecule has 0 aliphatic heterocycles. The van der Waals surface area contributed by atoms with Crippen molar-refractivity contribution in [3.63, 3.8) is 0 Å². The van der Waals surface area contributed by atoms with Gasteiger partial charge in [-0.3, -0.25) is 0 Å². The molecule has 0 saturated carbocycles. The van der Waals surface area contributed by atoms with Crippen molar-refractivity contribution in [2.24, 2.45) is 0 Å². The number of benzene rings is 2. The molecule has 2 aromatic carbocycles. The molecule has 2 N–H and O–H groups in total. The van der Waals surface area contributed by atoms with Crippen LogP contribution < -0.4 is 15.4 Å². The van der Waals surface area contributed by atoms with Crippen molar-refractivity contribution in [3.05, 3.63) is 90.1 Å². The number of nitrogens with one attached hydrogen (secondary N) is 2. The van der Waals surface area contributed by atoms with E-state index in [1.165, 1.54) is 0 Å². The van der Waals surface area contributed by atoms with Crippen molar-refractivity contribution in [3.8, 4) is 5.75 Å². The second-order valence-corrected chi connectivity index (χ2v) is 5.83. The highest BCUT2D eigenvalue weighted by Gasteiger charge is 2.07. The summed E-state index contributed by atoms with van der Waals surface area (Å²) >= 11 is 5.35. The maximum absolute atomic E-state index is 5.87. The van der Waals surface area contributed by atoms with Gasteiger partial charge in [-0.2, -0.15) is 0 Å². The summed E-state index contributed by atoms with van der Waals surface area (Å²) in [5.74, 6) is 1.26. The monoisotopic (exact) mass is 349 g/mol. The number of aromatic nitrogens is 1. The third kappa shape index (κ3) is 5.29. The first-order valence-corrected chi connectivity index (χ1v) is 8.42. The molecule has 0 radical (unpaired) electrons. The van der Waals surface area contributed by atoms with Crippen LogP contribution in [0.25, 0.3) is 0 Å². The van der Waals surface area contributed by atoms with Gasteiger partial charge in [0.1, 0.15) is 6.61 Å². The molecule has 1 aromatic heterocycles. The summed E-state index contributed by atoms with van der Waals surface area (Å²) in [4.78, 5) is 4.32. The van der Waals surface area contributed by atoms with Gasteiger partial charge in [-0.1, -0.05) is 60.7 Å². The van der Waals surface area contributed by atoms with Gasteiger partial charge < -0.3 is 15.4 Å². The Balaban J connectivity index is 1.57. The van der Waals surface area contributed by atoms with Crippen LogP contribution in [0.3, 0.4) is 0 Å². The van der Waals surface area contributed by atoms with Crippen LogP contribution in [0, 0.1) is 0 Å². The minimum absolute atomic E-state index is 0.478. The van der Waals surface area contributed by atoms with E-state index in [-0.39, 0.29) is 0 Å². The molecule has 0 fully saturated rings. The molecular formula is C20H19N3OS. The highest BCUT2D eigenvalue weighted by atomic mass is 32.1. The Hall–Kier alpha value is -2.92. The second-order valence-electron chi connectivity index (χ2n) is 5.42. The van der Waals surface area contributed by atoms with Crippen LogP contribution in [0.1, 0.15) is 11.1 Å². The van der Waals surface area contributed by atoms with Crippen LogP contribution in [0.5, 0.6) is 5.75 Å². The molecule has 3 rings (SSSR count). The minimum Gasteiger partial charge on any atom is -0.485 e. The van der Waals surface area contributed by atoms with E-state index < -0.39 is 0 Å². The highest BCUT2D eigenvalue weighted by molar-refractivity contribution is 7.80. The average Bonchev–Trinajstić information content (AvgIpc) is 2.67. The molecule has 0 saturated heterocycles. The lowest BCUT2D eigenvalue weighted by Gasteiger charge is -2.14. The van der Waals surface area contributed by atoms with Crippen LogP contribution in [0.4, 0.5) is 5.82 Å². The lowest BCUT2D eigenvalue weighted by molar-refractivity contribution is 0.307. The molecule has 0 aliphatic carbocycles. The Morgan fingerprint density at radius 3 is 2.28 bits per heavy atom. The largest absolute Gasteiger partial charge is 0.485 e.